The SMILES string of the molecule is C=N/C(=C\NCC)c1ccc(C#Cc2ccc(-c3cnc(CNCCC)[nH]3)cc2)cc1.CC. The van der Waals surface area contributed by atoms with Gasteiger partial charge in [-0.25, -0.2) is 4.98 Å². The van der Waals surface area contributed by atoms with Gasteiger partial charge in [-0.1, -0.05) is 56.9 Å². The largest absolute Gasteiger partial charge is 0.389 e. The number of hydrogen-bond acceptors (Lipinski definition) is 4. The summed E-state index contributed by atoms with van der Waals surface area (Å²) in [6, 6.07) is 16.2. The summed E-state index contributed by atoms with van der Waals surface area (Å²) in [5.74, 6) is 7.40. The van der Waals surface area contributed by atoms with Crippen LogP contribution in [0.2, 0.25) is 0 Å². The highest BCUT2D eigenvalue weighted by atomic mass is 15.0. The molecule has 0 bridgehead atoms. The van der Waals surface area contributed by atoms with Gasteiger partial charge in [0.25, 0.3) is 0 Å². The van der Waals surface area contributed by atoms with E-state index in [0.717, 1.165) is 65.5 Å². The zero-order valence-corrected chi connectivity index (χ0v) is 20.2. The van der Waals surface area contributed by atoms with E-state index in [2.05, 4.69) is 63.2 Å². The van der Waals surface area contributed by atoms with Crippen molar-refractivity contribution in [2.75, 3.05) is 13.1 Å². The fraction of sp³-hybridized carbons (Fsp3) is 0.286. The average molecular weight is 442 g/mol. The lowest BCUT2D eigenvalue weighted by Gasteiger charge is -2.03. The molecule has 1 heterocycles. The second-order valence-electron chi connectivity index (χ2n) is 7.07. The molecule has 3 rings (SSSR count). The van der Waals surface area contributed by atoms with Gasteiger partial charge in [0.15, 0.2) is 0 Å². The molecule has 1 aromatic heterocycles. The molecule has 0 saturated heterocycles. The number of rotatable bonds is 9. The number of benzene rings is 2. The first-order valence-electron chi connectivity index (χ1n) is 11.6. The molecule has 0 aliphatic rings. The van der Waals surface area contributed by atoms with E-state index in [0.29, 0.717) is 0 Å². The molecule has 33 heavy (non-hydrogen) atoms. The Balaban J connectivity index is 0.00000187. The number of aromatic amines is 1. The van der Waals surface area contributed by atoms with Gasteiger partial charge in [-0.3, -0.25) is 4.99 Å². The van der Waals surface area contributed by atoms with Gasteiger partial charge >= 0.3 is 0 Å². The Hall–Kier alpha value is -3.62. The van der Waals surface area contributed by atoms with Crippen molar-refractivity contribution in [3.8, 4) is 23.1 Å². The van der Waals surface area contributed by atoms with Crippen LogP contribution in [0.3, 0.4) is 0 Å². The first-order valence-corrected chi connectivity index (χ1v) is 11.6. The minimum Gasteiger partial charge on any atom is -0.389 e. The van der Waals surface area contributed by atoms with Crippen molar-refractivity contribution in [3.63, 3.8) is 0 Å². The third kappa shape index (κ3) is 8.10. The molecule has 172 valence electrons. The maximum absolute atomic E-state index is 4.44. The summed E-state index contributed by atoms with van der Waals surface area (Å²) < 4.78 is 0. The van der Waals surface area contributed by atoms with Crippen molar-refractivity contribution < 1.29 is 0 Å². The summed E-state index contributed by atoms with van der Waals surface area (Å²) in [5.41, 5.74) is 5.87. The summed E-state index contributed by atoms with van der Waals surface area (Å²) >= 11 is 0. The van der Waals surface area contributed by atoms with E-state index in [1.165, 1.54) is 0 Å². The molecule has 0 fully saturated rings. The van der Waals surface area contributed by atoms with Gasteiger partial charge in [-0.05, 0) is 56.4 Å². The van der Waals surface area contributed by atoms with Crippen molar-refractivity contribution in [1.82, 2.24) is 20.6 Å². The predicted molar refractivity (Wildman–Crippen MR) is 141 cm³/mol. The quantitative estimate of drug-likeness (QED) is 0.230. The molecule has 0 amide bonds. The summed E-state index contributed by atoms with van der Waals surface area (Å²) in [4.78, 5) is 11.9. The molecule has 5 nitrogen and oxygen atoms in total. The molecule has 0 saturated carbocycles. The number of hydrogen-bond donors (Lipinski definition) is 3. The standard InChI is InChI=1S/C26H29N5.C2H6/c1-4-16-29-19-26-30-18-25(31-26)23-14-10-21(11-15-23)7-6-20-8-12-22(13-9-20)24(27-3)17-28-5-2;1-2/h8-15,17-18,28-29H,3-5,16,19H2,1-2H3,(H,30,31);1-2H3/b24-17-;. The molecule has 0 aliphatic heterocycles. The Morgan fingerprint density at radius 3 is 2.24 bits per heavy atom. The van der Waals surface area contributed by atoms with Gasteiger partial charge in [0.05, 0.1) is 24.1 Å². The molecule has 0 unspecified atom stereocenters. The Morgan fingerprint density at radius 2 is 1.67 bits per heavy atom. The Kier molecular flexibility index (Phi) is 11.2. The molecule has 2 aromatic carbocycles. The fourth-order valence-electron chi connectivity index (χ4n) is 3.00. The van der Waals surface area contributed by atoms with E-state index in [9.17, 15) is 0 Å². The van der Waals surface area contributed by atoms with Crippen molar-refractivity contribution in [1.29, 1.82) is 0 Å². The Labute approximate surface area is 198 Å². The van der Waals surface area contributed by atoms with Crippen molar-refractivity contribution in [3.05, 3.63) is 83.4 Å². The molecular formula is C28H35N5. The van der Waals surface area contributed by atoms with Crippen LogP contribution in [0.25, 0.3) is 17.0 Å². The van der Waals surface area contributed by atoms with E-state index >= 15 is 0 Å². The molecule has 0 spiro atoms. The first-order chi connectivity index (χ1) is 16.2. The second kappa shape index (κ2) is 14.4. The van der Waals surface area contributed by atoms with Crippen LogP contribution in [-0.2, 0) is 6.54 Å². The third-order valence-electron chi connectivity index (χ3n) is 4.69. The van der Waals surface area contributed by atoms with Gasteiger partial charge in [0.1, 0.15) is 5.82 Å². The van der Waals surface area contributed by atoms with Crippen LogP contribution in [0.15, 0.2) is 65.9 Å². The molecule has 0 radical (unpaired) electrons. The Bertz CT molecular complexity index is 1060. The Morgan fingerprint density at radius 1 is 1.03 bits per heavy atom. The van der Waals surface area contributed by atoms with Crippen LogP contribution in [0.4, 0.5) is 0 Å². The number of nitrogens with zero attached hydrogens (tertiary/aromatic N) is 2. The number of nitrogens with one attached hydrogen (secondary N) is 3. The van der Waals surface area contributed by atoms with Crippen LogP contribution in [0.1, 0.15) is 56.6 Å². The highest BCUT2D eigenvalue weighted by Crippen LogP contribution is 2.18. The summed E-state index contributed by atoms with van der Waals surface area (Å²) in [6.07, 6.45) is 4.86. The maximum atomic E-state index is 4.44. The fourth-order valence-corrected chi connectivity index (χ4v) is 3.00. The normalized spacial score (nSPS) is 10.5. The lowest BCUT2D eigenvalue weighted by molar-refractivity contribution is 0.655. The van der Waals surface area contributed by atoms with E-state index < -0.39 is 0 Å². The predicted octanol–water partition coefficient (Wildman–Crippen LogP) is 5.61. The highest BCUT2D eigenvalue weighted by Gasteiger charge is 2.03. The van der Waals surface area contributed by atoms with Crippen molar-refractivity contribution >= 4 is 12.4 Å². The van der Waals surface area contributed by atoms with Crippen molar-refractivity contribution in [2.24, 2.45) is 4.99 Å². The lowest BCUT2D eigenvalue weighted by Crippen LogP contribution is -2.14. The van der Waals surface area contributed by atoms with Gasteiger partial charge in [-0.2, -0.15) is 0 Å². The van der Waals surface area contributed by atoms with Crippen LogP contribution in [0.5, 0.6) is 0 Å². The summed E-state index contributed by atoms with van der Waals surface area (Å²) in [7, 11) is 0. The molecular weight excluding hydrogens is 406 g/mol. The zero-order chi connectivity index (χ0) is 23.9. The van der Waals surface area contributed by atoms with Crippen LogP contribution in [0, 0.1) is 11.8 Å². The number of imidazole rings is 1. The minimum atomic E-state index is 0.755. The summed E-state index contributed by atoms with van der Waals surface area (Å²) in [6.45, 7) is 14.4. The average Bonchev–Trinajstić information content (AvgIpc) is 3.34. The second-order valence-corrected chi connectivity index (χ2v) is 7.07. The smallest absolute Gasteiger partial charge is 0.120 e. The van der Waals surface area contributed by atoms with Crippen LogP contribution >= 0.6 is 0 Å². The molecule has 5 heteroatoms. The number of aliphatic imine (C=N–C) groups is 1. The zero-order valence-electron chi connectivity index (χ0n) is 20.2. The van der Waals surface area contributed by atoms with E-state index in [1.54, 1.807) is 0 Å². The molecule has 3 N–H and O–H groups in total. The van der Waals surface area contributed by atoms with Gasteiger partial charge in [-0.15, -0.1) is 0 Å². The van der Waals surface area contributed by atoms with Gasteiger partial charge < -0.3 is 15.6 Å². The minimum absolute atomic E-state index is 0.755. The number of aromatic nitrogens is 2. The molecule has 3 aromatic rings. The molecule has 0 aliphatic carbocycles. The topological polar surface area (TPSA) is 65.1 Å². The monoisotopic (exact) mass is 441 g/mol. The number of H-pyrrole nitrogens is 1. The summed E-state index contributed by atoms with van der Waals surface area (Å²) in [5, 5.41) is 6.51. The van der Waals surface area contributed by atoms with Crippen LogP contribution < -0.4 is 10.6 Å². The third-order valence-corrected chi connectivity index (χ3v) is 4.69. The van der Waals surface area contributed by atoms with E-state index in [4.69, 9.17) is 0 Å². The van der Waals surface area contributed by atoms with E-state index in [1.807, 2.05) is 69.6 Å². The maximum Gasteiger partial charge on any atom is 0.120 e. The van der Waals surface area contributed by atoms with Crippen molar-refractivity contribution in [2.45, 2.75) is 40.7 Å². The van der Waals surface area contributed by atoms with Gasteiger partial charge in [0, 0.05) is 29.4 Å². The van der Waals surface area contributed by atoms with Crippen LogP contribution in [-0.4, -0.2) is 29.8 Å². The molecule has 0 atom stereocenters. The lowest BCUT2D eigenvalue weighted by atomic mass is 10.1. The van der Waals surface area contributed by atoms with E-state index in [-0.39, 0.29) is 0 Å². The first kappa shape index (κ1) is 25.6. The van der Waals surface area contributed by atoms with Gasteiger partial charge in [0.2, 0.25) is 0 Å². The highest BCUT2D eigenvalue weighted by molar-refractivity contribution is 5.68.